The topological polar surface area (TPSA) is 41.1 Å². The minimum absolute atomic E-state index is 0.0457. The molecule has 1 amide bonds. The Kier molecular flexibility index (Phi) is 5.16. The molecule has 17 heavy (non-hydrogen) atoms. The standard InChI is InChI=1S/C14H22N2O/c1-10(2)16-14(17)9-15-8-13-6-11(3)5-12(4)7-13/h5-7,10,15H,8-9H2,1-4H3,(H,16,17). The van der Waals surface area contributed by atoms with Crippen LogP contribution in [-0.2, 0) is 11.3 Å². The van der Waals surface area contributed by atoms with Crippen LogP contribution in [0.2, 0.25) is 0 Å². The first-order valence-electron chi connectivity index (χ1n) is 6.04. The van der Waals surface area contributed by atoms with Gasteiger partial charge in [-0.1, -0.05) is 29.3 Å². The van der Waals surface area contributed by atoms with Crippen LogP contribution in [0.3, 0.4) is 0 Å². The van der Waals surface area contributed by atoms with Crippen LogP contribution < -0.4 is 10.6 Å². The second-order valence-electron chi connectivity index (χ2n) is 4.82. The Labute approximate surface area is 104 Å². The van der Waals surface area contributed by atoms with Crippen molar-refractivity contribution >= 4 is 5.91 Å². The molecule has 0 aliphatic heterocycles. The summed E-state index contributed by atoms with van der Waals surface area (Å²) >= 11 is 0. The third-order valence-electron chi connectivity index (χ3n) is 2.35. The Balaban J connectivity index is 2.38. The molecule has 3 nitrogen and oxygen atoms in total. The molecule has 0 heterocycles. The molecule has 0 aliphatic carbocycles. The van der Waals surface area contributed by atoms with Gasteiger partial charge in [0.15, 0.2) is 0 Å². The molecule has 0 aromatic heterocycles. The average molecular weight is 234 g/mol. The van der Waals surface area contributed by atoms with E-state index in [9.17, 15) is 4.79 Å². The van der Waals surface area contributed by atoms with Crippen LogP contribution in [0.25, 0.3) is 0 Å². The third-order valence-corrected chi connectivity index (χ3v) is 2.35. The number of carbonyl (C=O) groups is 1. The van der Waals surface area contributed by atoms with Gasteiger partial charge in [0.25, 0.3) is 0 Å². The van der Waals surface area contributed by atoms with Gasteiger partial charge in [0.05, 0.1) is 6.54 Å². The number of nitrogens with one attached hydrogen (secondary N) is 2. The fourth-order valence-electron chi connectivity index (χ4n) is 1.86. The Hall–Kier alpha value is -1.35. The molecule has 2 N–H and O–H groups in total. The van der Waals surface area contributed by atoms with Gasteiger partial charge in [-0.15, -0.1) is 0 Å². The summed E-state index contributed by atoms with van der Waals surface area (Å²) in [5.74, 6) is 0.0457. The van der Waals surface area contributed by atoms with Crippen molar-refractivity contribution < 1.29 is 4.79 Å². The number of carbonyl (C=O) groups excluding carboxylic acids is 1. The summed E-state index contributed by atoms with van der Waals surface area (Å²) in [6, 6.07) is 6.63. The van der Waals surface area contributed by atoms with E-state index in [2.05, 4.69) is 42.7 Å². The second kappa shape index (κ2) is 6.40. The molecule has 1 aromatic rings. The minimum Gasteiger partial charge on any atom is -0.353 e. The Morgan fingerprint density at radius 2 is 1.76 bits per heavy atom. The van der Waals surface area contributed by atoms with E-state index in [0.29, 0.717) is 6.54 Å². The van der Waals surface area contributed by atoms with Crippen LogP contribution in [0.1, 0.15) is 30.5 Å². The van der Waals surface area contributed by atoms with Crippen molar-refractivity contribution in [1.29, 1.82) is 0 Å². The summed E-state index contributed by atoms with van der Waals surface area (Å²) in [6.45, 7) is 9.19. The van der Waals surface area contributed by atoms with E-state index >= 15 is 0 Å². The van der Waals surface area contributed by atoms with Crippen LogP contribution in [0.15, 0.2) is 18.2 Å². The Bertz CT molecular complexity index is 366. The molecular weight excluding hydrogens is 212 g/mol. The lowest BCUT2D eigenvalue weighted by atomic mass is 10.1. The van der Waals surface area contributed by atoms with E-state index in [1.807, 2.05) is 13.8 Å². The van der Waals surface area contributed by atoms with Gasteiger partial charge in [0.1, 0.15) is 0 Å². The van der Waals surface area contributed by atoms with E-state index in [1.54, 1.807) is 0 Å². The molecule has 0 spiro atoms. The van der Waals surface area contributed by atoms with E-state index in [4.69, 9.17) is 0 Å². The Morgan fingerprint density at radius 3 is 2.29 bits per heavy atom. The van der Waals surface area contributed by atoms with Gasteiger partial charge < -0.3 is 10.6 Å². The SMILES string of the molecule is Cc1cc(C)cc(CNCC(=O)NC(C)C)c1. The van der Waals surface area contributed by atoms with Crippen molar-refractivity contribution in [2.24, 2.45) is 0 Å². The van der Waals surface area contributed by atoms with Crippen LogP contribution in [0, 0.1) is 13.8 Å². The highest BCUT2D eigenvalue weighted by molar-refractivity contribution is 5.78. The van der Waals surface area contributed by atoms with Crippen molar-refractivity contribution in [3.8, 4) is 0 Å². The van der Waals surface area contributed by atoms with Gasteiger partial charge in [-0.3, -0.25) is 4.79 Å². The van der Waals surface area contributed by atoms with Crippen molar-refractivity contribution in [3.63, 3.8) is 0 Å². The lowest BCUT2D eigenvalue weighted by Gasteiger charge is -2.10. The first-order valence-corrected chi connectivity index (χ1v) is 6.04. The van der Waals surface area contributed by atoms with Gasteiger partial charge in [0.2, 0.25) is 5.91 Å². The smallest absolute Gasteiger partial charge is 0.234 e. The normalized spacial score (nSPS) is 10.6. The number of rotatable bonds is 5. The number of hydrogen-bond donors (Lipinski definition) is 2. The van der Waals surface area contributed by atoms with Gasteiger partial charge >= 0.3 is 0 Å². The van der Waals surface area contributed by atoms with E-state index < -0.39 is 0 Å². The summed E-state index contributed by atoms with van der Waals surface area (Å²) in [5, 5.41) is 6.00. The molecule has 0 unspecified atom stereocenters. The minimum atomic E-state index is 0.0457. The monoisotopic (exact) mass is 234 g/mol. The lowest BCUT2D eigenvalue weighted by Crippen LogP contribution is -2.37. The molecule has 0 saturated carbocycles. The van der Waals surface area contributed by atoms with Crippen molar-refractivity contribution in [2.75, 3.05) is 6.54 Å². The molecule has 0 radical (unpaired) electrons. The van der Waals surface area contributed by atoms with Gasteiger partial charge in [0, 0.05) is 12.6 Å². The molecule has 0 atom stereocenters. The molecular formula is C14H22N2O. The highest BCUT2D eigenvalue weighted by Crippen LogP contribution is 2.08. The van der Waals surface area contributed by atoms with E-state index in [-0.39, 0.29) is 11.9 Å². The summed E-state index contributed by atoms with van der Waals surface area (Å²) in [7, 11) is 0. The summed E-state index contributed by atoms with van der Waals surface area (Å²) in [5.41, 5.74) is 3.74. The largest absolute Gasteiger partial charge is 0.353 e. The number of benzene rings is 1. The molecule has 0 aliphatic rings. The van der Waals surface area contributed by atoms with Crippen molar-refractivity contribution in [1.82, 2.24) is 10.6 Å². The first-order chi connectivity index (χ1) is 7.97. The molecule has 3 heteroatoms. The maximum atomic E-state index is 11.4. The number of aryl methyl sites for hydroxylation is 2. The average Bonchev–Trinajstić information content (AvgIpc) is 2.14. The first kappa shape index (κ1) is 13.7. The zero-order chi connectivity index (χ0) is 12.8. The second-order valence-corrected chi connectivity index (χ2v) is 4.82. The third kappa shape index (κ3) is 5.50. The molecule has 0 saturated heterocycles. The van der Waals surface area contributed by atoms with Gasteiger partial charge in [-0.2, -0.15) is 0 Å². The van der Waals surface area contributed by atoms with Crippen LogP contribution in [-0.4, -0.2) is 18.5 Å². The molecule has 1 rings (SSSR count). The predicted molar refractivity (Wildman–Crippen MR) is 70.9 cm³/mol. The maximum absolute atomic E-state index is 11.4. The summed E-state index contributed by atoms with van der Waals surface area (Å²) in [4.78, 5) is 11.4. The van der Waals surface area contributed by atoms with Crippen LogP contribution >= 0.6 is 0 Å². The van der Waals surface area contributed by atoms with Gasteiger partial charge in [-0.05, 0) is 33.3 Å². The fraction of sp³-hybridized carbons (Fsp3) is 0.500. The highest BCUT2D eigenvalue weighted by atomic mass is 16.1. The molecule has 94 valence electrons. The fourth-order valence-corrected chi connectivity index (χ4v) is 1.86. The van der Waals surface area contributed by atoms with E-state index in [0.717, 1.165) is 6.54 Å². The van der Waals surface area contributed by atoms with Crippen molar-refractivity contribution in [3.05, 3.63) is 34.9 Å². The van der Waals surface area contributed by atoms with Crippen LogP contribution in [0.4, 0.5) is 0 Å². The number of amides is 1. The summed E-state index contributed by atoms with van der Waals surface area (Å²) < 4.78 is 0. The molecule has 0 fully saturated rings. The van der Waals surface area contributed by atoms with Crippen molar-refractivity contribution in [2.45, 2.75) is 40.3 Å². The summed E-state index contributed by atoms with van der Waals surface area (Å²) in [6.07, 6.45) is 0. The zero-order valence-corrected chi connectivity index (χ0v) is 11.1. The van der Waals surface area contributed by atoms with Crippen LogP contribution in [0.5, 0.6) is 0 Å². The Morgan fingerprint density at radius 1 is 1.18 bits per heavy atom. The lowest BCUT2D eigenvalue weighted by molar-refractivity contribution is -0.120. The van der Waals surface area contributed by atoms with Gasteiger partial charge in [-0.25, -0.2) is 0 Å². The zero-order valence-electron chi connectivity index (χ0n) is 11.1. The predicted octanol–water partition coefficient (Wildman–Crippen LogP) is 1.92. The number of hydrogen-bond acceptors (Lipinski definition) is 2. The maximum Gasteiger partial charge on any atom is 0.234 e. The molecule has 0 bridgehead atoms. The van der Waals surface area contributed by atoms with E-state index in [1.165, 1.54) is 16.7 Å². The quantitative estimate of drug-likeness (QED) is 0.817. The molecule has 1 aromatic carbocycles. The highest BCUT2D eigenvalue weighted by Gasteiger charge is 2.02.